The van der Waals surface area contributed by atoms with Gasteiger partial charge in [0.15, 0.2) is 5.76 Å². The van der Waals surface area contributed by atoms with Crippen molar-refractivity contribution in [2.45, 2.75) is 20.8 Å². The van der Waals surface area contributed by atoms with Crippen LogP contribution in [0.2, 0.25) is 0 Å². The molecule has 0 N–H and O–H groups in total. The molecule has 1 aromatic carbocycles. The molecule has 0 saturated heterocycles. The first-order chi connectivity index (χ1) is 11.0. The fourth-order valence-electron chi connectivity index (χ4n) is 2.42. The number of hydrogen-bond donors (Lipinski definition) is 0. The van der Waals surface area contributed by atoms with Crippen molar-refractivity contribution in [1.29, 1.82) is 0 Å². The Morgan fingerprint density at radius 2 is 2.13 bits per heavy atom. The van der Waals surface area contributed by atoms with E-state index in [9.17, 15) is 4.79 Å². The third-order valence-corrected chi connectivity index (χ3v) is 4.56. The SMILES string of the molecule is C=C(C)COc1cc(C)c2c(c1)O/C(=C\c1sccc1C)C2=O. The van der Waals surface area contributed by atoms with Crippen LogP contribution in [-0.4, -0.2) is 12.4 Å². The normalized spacial score (nSPS) is 14.7. The van der Waals surface area contributed by atoms with Crippen molar-refractivity contribution in [3.8, 4) is 11.5 Å². The van der Waals surface area contributed by atoms with Gasteiger partial charge in [-0.05, 0) is 55.0 Å². The number of benzene rings is 1. The fourth-order valence-corrected chi connectivity index (χ4v) is 3.27. The van der Waals surface area contributed by atoms with Crippen molar-refractivity contribution in [2.24, 2.45) is 0 Å². The number of ketones is 1. The summed E-state index contributed by atoms with van der Waals surface area (Å²) in [6.07, 6.45) is 1.82. The topological polar surface area (TPSA) is 35.5 Å². The summed E-state index contributed by atoms with van der Waals surface area (Å²) in [5.41, 5.74) is 3.55. The van der Waals surface area contributed by atoms with Crippen molar-refractivity contribution in [1.82, 2.24) is 0 Å². The molecule has 0 fully saturated rings. The van der Waals surface area contributed by atoms with Crippen LogP contribution >= 0.6 is 11.3 Å². The Morgan fingerprint density at radius 1 is 1.35 bits per heavy atom. The van der Waals surface area contributed by atoms with E-state index in [4.69, 9.17) is 9.47 Å². The van der Waals surface area contributed by atoms with Crippen molar-refractivity contribution in [3.63, 3.8) is 0 Å². The number of ether oxygens (including phenoxy) is 2. The Morgan fingerprint density at radius 3 is 2.78 bits per heavy atom. The lowest BCUT2D eigenvalue weighted by Crippen LogP contribution is -2.00. The molecule has 0 saturated carbocycles. The average molecular weight is 326 g/mol. The van der Waals surface area contributed by atoms with Crippen LogP contribution in [-0.2, 0) is 0 Å². The maximum absolute atomic E-state index is 12.6. The minimum absolute atomic E-state index is 0.0725. The van der Waals surface area contributed by atoms with E-state index in [1.54, 1.807) is 17.4 Å². The number of hydrogen-bond acceptors (Lipinski definition) is 4. The highest BCUT2D eigenvalue weighted by Gasteiger charge is 2.30. The fraction of sp³-hybridized carbons (Fsp3) is 0.211. The molecule has 2 aromatic rings. The van der Waals surface area contributed by atoms with Crippen molar-refractivity contribution in [2.75, 3.05) is 6.61 Å². The first-order valence-corrected chi connectivity index (χ1v) is 8.24. The van der Waals surface area contributed by atoms with Gasteiger partial charge >= 0.3 is 0 Å². The van der Waals surface area contributed by atoms with Crippen LogP contribution in [0.4, 0.5) is 0 Å². The largest absolute Gasteiger partial charge is 0.489 e. The molecule has 1 aliphatic rings. The van der Waals surface area contributed by atoms with Crippen molar-refractivity contribution < 1.29 is 14.3 Å². The highest BCUT2D eigenvalue weighted by atomic mass is 32.1. The molecule has 0 radical (unpaired) electrons. The first kappa shape index (κ1) is 15.6. The second-order valence-corrected chi connectivity index (χ2v) is 6.71. The van der Waals surface area contributed by atoms with Gasteiger partial charge in [0, 0.05) is 17.0 Å². The van der Waals surface area contributed by atoms with E-state index in [1.165, 1.54) is 0 Å². The molecule has 3 nitrogen and oxygen atoms in total. The van der Waals surface area contributed by atoms with Crippen molar-refractivity contribution in [3.05, 3.63) is 63.1 Å². The van der Waals surface area contributed by atoms with Gasteiger partial charge in [0.25, 0.3) is 0 Å². The van der Waals surface area contributed by atoms with Gasteiger partial charge in [-0.15, -0.1) is 11.3 Å². The number of rotatable bonds is 4. The van der Waals surface area contributed by atoms with Gasteiger partial charge < -0.3 is 9.47 Å². The Labute approximate surface area is 139 Å². The predicted octanol–water partition coefficient (Wildman–Crippen LogP) is 4.94. The third-order valence-electron chi connectivity index (χ3n) is 3.59. The number of carbonyl (C=O) groups is 1. The number of fused-ring (bicyclic) bond motifs is 1. The maximum atomic E-state index is 12.6. The zero-order valence-electron chi connectivity index (χ0n) is 13.4. The Kier molecular flexibility index (Phi) is 4.09. The second-order valence-electron chi connectivity index (χ2n) is 5.77. The minimum atomic E-state index is -0.0725. The van der Waals surface area contributed by atoms with Crippen LogP contribution in [0, 0.1) is 13.8 Å². The zero-order chi connectivity index (χ0) is 16.6. The number of Topliss-reactive ketones (excluding diaryl/α,β-unsaturated/α-hetero) is 1. The molecule has 0 spiro atoms. The molecule has 2 heterocycles. The average Bonchev–Trinajstić information content (AvgIpc) is 3.02. The Balaban J connectivity index is 1.93. The van der Waals surface area contributed by atoms with Crippen LogP contribution < -0.4 is 9.47 Å². The third kappa shape index (κ3) is 3.08. The lowest BCUT2D eigenvalue weighted by molar-refractivity contribution is 0.101. The van der Waals surface area contributed by atoms with Gasteiger partial charge in [0.05, 0.1) is 5.56 Å². The van der Waals surface area contributed by atoms with E-state index in [0.717, 1.165) is 21.6 Å². The van der Waals surface area contributed by atoms with E-state index in [1.807, 2.05) is 44.4 Å². The second kappa shape index (κ2) is 6.05. The summed E-state index contributed by atoms with van der Waals surface area (Å²) >= 11 is 1.59. The van der Waals surface area contributed by atoms with E-state index in [2.05, 4.69) is 6.58 Å². The summed E-state index contributed by atoms with van der Waals surface area (Å²) in [7, 11) is 0. The zero-order valence-corrected chi connectivity index (χ0v) is 14.3. The quantitative estimate of drug-likeness (QED) is 0.590. The molecule has 1 aliphatic heterocycles. The van der Waals surface area contributed by atoms with E-state index in [0.29, 0.717) is 29.4 Å². The lowest BCUT2D eigenvalue weighted by Gasteiger charge is -2.08. The lowest BCUT2D eigenvalue weighted by atomic mass is 10.0. The minimum Gasteiger partial charge on any atom is -0.489 e. The summed E-state index contributed by atoms with van der Waals surface area (Å²) in [6.45, 7) is 10.1. The van der Waals surface area contributed by atoms with Crippen LogP contribution in [0.3, 0.4) is 0 Å². The number of aryl methyl sites for hydroxylation is 2. The van der Waals surface area contributed by atoms with E-state index in [-0.39, 0.29) is 5.78 Å². The summed E-state index contributed by atoms with van der Waals surface area (Å²) in [5.74, 6) is 1.54. The highest BCUT2D eigenvalue weighted by Crippen LogP contribution is 2.38. The van der Waals surface area contributed by atoms with E-state index >= 15 is 0 Å². The molecule has 118 valence electrons. The number of allylic oxidation sites excluding steroid dienone is 1. The molecule has 4 heteroatoms. The summed E-state index contributed by atoms with van der Waals surface area (Å²) < 4.78 is 11.5. The molecule has 23 heavy (non-hydrogen) atoms. The van der Waals surface area contributed by atoms with Crippen LogP contribution in [0.1, 0.15) is 33.3 Å². The van der Waals surface area contributed by atoms with Gasteiger partial charge in [0.2, 0.25) is 5.78 Å². The van der Waals surface area contributed by atoms with Gasteiger partial charge in [0.1, 0.15) is 18.1 Å². The molecule has 0 aliphatic carbocycles. The maximum Gasteiger partial charge on any atom is 0.232 e. The monoisotopic (exact) mass is 326 g/mol. The molecule has 0 bridgehead atoms. The van der Waals surface area contributed by atoms with Crippen LogP contribution in [0.5, 0.6) is 11.5 Å². The standard InChI is InChI=1S/C19H18O3S/c1-11(2)10-21-14-7-13(4)18-15(8-14)22-16(19(18)20)9-17-12(3)5-6-23-17/h5-9H,1,10H2,2-4H3/b16-9-. The van der Waals surface area contributed by atoms with Crippen molar-refractivity contribution >= 4 is 23.2 Å². The Bertz CT molecular complexity index is 827. The number of thiophene rings is 1. The molecule has 3 rings (SSSR count). The van der Waals surface area contributed by atoms with Gasteiger partial charge in [-0.3, -0.25) is 4.79 Å². The number of carbonyl (C=O) groups excluding carboxylic acids is 1. The van der Waals surface area contributed by atoms with Gasteiger partial charge in [-0.2, -0.15) is 0 Å². The first-order valence-electron chi connectivity index (χ1n) is 7.36. The molecular formula is C19H18O3S. The molecule has 1 aromatic heterocycles. The van der Waals surface area contributed by atoms with Crippen LogP contribution in [0.25, 0.3) is 6.08 Å². The van der Waals surface area contributed by atoms with Crippen LogP contribution in [0.15, 0.2) is 41.5 Å². The predicted molar refractivity (Wildman–Crippen MR) is 93.5 cm³/mol. The summed E-state index contributed by atoms with van der Waals surface area (Å²) in [4.78, 5) is 13.6. The van der Waals surface area contributed by atoms with E-state index < -0.39 is 0 Å². The summed E-state index contributed by atoms with van der Waals surface area (Å²) in [6, 6.07) is 5.66. The summed E-state index contributed by atoms with van der Waals surface area (Å²) in [5, 5.41) is 2.00. The smallest absolute Gasteiger partial charge is 0.232 e. The molecule has 0 amide bonds. The van der Waals surface area contributed by atoms with Gasteiger partial charge in [-0.25, -0.2) is 0 Å². The Hall–Kier alpha value is -2.33. The van der Waals surface area contributed by atoms with Gasteiger partial charge in [-0.1, -0.05) is 6.58 Å². The molecular weight excluding hydrogens is 308 g/mol. The highest BCUT2D eigenvalue weighted by molar-refractivity contribution is 7.11. The molecule has 0 unspecified atom stereocenters. The molecule has 0 atom stereocenters.